The molecule has 0 atom stereocenters. The number of rotatable bonds is 2. The predicted octanol–water partition coefficient (Wildman–Crippen LogP) is 0.915. The number of hydrogen-bond acceptors (Lipinski definition) is 3. The second-order valence-corrected chi connectivity index (χ2v) is 3.61. The molecule has 0 fully saturated rings. The molecule has 1 aromatic carbocycles. The number of fused-ring (bicyclic) bond motifs is 1. The topological polar surface area (TPSA) is 49.8 Å². The van der Waals surface area contributed by atoms with Crippen molar-refractivity contribution in [1.29, 1.82) is 0 Å². The molecule has 2 rings (SSSR count). The molecule has 0 radical (unpaired) electrons. The van der Waals surface area contributed by atoms with Gasteiger partial charge in [-0.1, -0.05) is 0 Å². The highest BCUT2D eigenvalue weighted by Gasteiger charge is 2.19. The zero-order valence-electron chi connectivity index (χ0n) is 8.56. The highest BCUT2D eigenvalue weighted by molar-refractivity contribution is 5.53. The van der Waals surface area contributed by atoms with Gasteiger partial charge < -0.3 is 14.7 Å². The molecule has 1 amide bonds. The number of hydrogen-bond donors (Lipinski definition) is 1. The molecule has 0 saturated carbocycles. The van der Waals surface area contributed by atoms with Gasteiger partial charge in [0.1, 0.15) is 11.5 Å². The summed E-state index contributed by atoms with van der Waals surface area (Å²) in [6, 6.07) is 3.29. The average molecular weight is 207 g/mol. The first kappa shape index (κ1) is 9.83. The number of phenols is 1. The third-order valence-electron chi connectivity index (χ3n) is 2.68. The molecule has 0 bridgehead atoms. The zero-order chi connectivity index (χ0) is 10.8. The Labute approximate surface area is 88.1 Å². The van der Waals surface area contributed by atoms with Crippen LogP contribution in [0.1, 0.15) is 11.1 Å². The zero-order valence-corrected chi connectivity index (χ0v) is 8.56. The van der Waals surface area contributed by atoms with Crippen LogP contribution in [0.15, 0.2) is 12.1 Å². The fourth-order valence-electron chi connectivity index (χ4n) is 1.94. The van der Waals surface area contributed by atoms with E-state index < -0.39 is 0 Å². The number of carbonyl (C=O) groups is 1. The lowest BCUT2D eigenvalue weighted by Gasteiger charge is -2.26. The Morgan fingerprint density at radius 1 is 1.53 bits per heavy atom. The van der Waals surface area contributed by atoms with Gasteiger partial charge in [-0.05, 0) is 18.1 Å². The molecule has 1 heterocycles. The Hall–Kier alpha value is -1.71. The van der Waals surface area contributed by atoms with E-state index in [0.717, 1.165) is 24.0 Å². The molecule has 0 saturated heterocycles. The summed E-state index contributed by atoms with van der Waals surface area (Å²) in [7, 11) is 1.58. The highest BCUT2D eigenvalue weighted by atomic mass is 16.5. The van der Waals surface area contributed by atoms with Gasteiger partial charge in [0.2, 0.25) is 6.41 Å². The van der Waals surface area contributed by atoms with Gasteiger partial charge in [-0.2, -0.15) is 0 Å². The summed E-state index contributed by atoms with van der Waals surface area (Å²) >= 11 is 0. The van der Waals surface area contributed by atoms with Crippen molar-refractivity contribution in [2.24, 2.45) is 0 Å². The van der Waals surface area contributed by atoms with Gasteiger partial charge >= 0.3 is 0 Å². The van der Waals surface area contributed by atoms with Gasteiger partial charge in [-0.25, -0.2) is 0 Å². The van der Waals surface area contributed by atoms with E-state index in [1.807, 2.05) is 0 Å². The van der Waals surface area contributed by atoms with Crippen molar-refractivity contribution in [3.05, 3.63) is 23.3 Å². The molecule has 1 aliphatic heterocycles. The molecular weight excluding hydrogens is 194 g/mol. The summed E-state index contributed by atoms with van der Waals surface area (Å²) < 4.78 is 5.20. The van der Waals surface area contributed by atoms with Crippen molar-refractivity contribution < 1.29 is 14.6 Å². The lowest BCUT2D eigenvalue weighted by molar-refractivity contribution is -0.118. The fraction of sp³-hybridized carbons (Fsp3) is 0.364. The van der Waals surface area contributed by atoms with Crippen molar-refractivity contribution in [2.75, 3.05) is 13.7 Å². The standard InChI is InChI=1S/C11H13NO3/c1-15-11-5-9(14)4-8-6-12(7-13)3-2-10(8)11/h4-5,7,14H,2-3,6H2,1H3. The summed E-state index contributed by atoms with van der Waals surface area (Å²) in [5.41, 5.74) is 2.05. The molecule has 0 spiro atoms. The van der Waals surface area contributed by atoms with E-state index in [9.17, 15) is 9.90 Å². The normalized spacial score (nSPS) is 14.6. The van der Waals surface area contributed by atoms with Crippen molar-refractivity contribution in [2.45, 2.75) is 13.0 Å². The van der Waals surface area contributed by atoms with Crippen LogP contribution < -0.4 is 4.74 Å². The molecule has 15 heavy (non-hydrogen) atoms. The second kappa shape index (κ2) is 3.81. The van der Waals surface area contributed by atoms with Gasteiger partial charge in [0.15, 0.2) is 0 Å². The lowest BCUT2D eigenvalue weighted by atomic mass is 9.98. The number of carbonyl (C=O) groups excluding carboxylic acids is 1. The monoisotopic (exact) mass is 207 g/mol. The summed E-state index contributed by atoms with van der Waals surface area (Å²) in [6.07, 6.45) is 1.61. The molecule has 1 aromatic rings. The maximum absolute atomic E-state index is 10.6. The molecule has 0 unspecified atom stereocenters. The summed E-state index contributed by atoms with van der Waals surface area (Å²) in [5.74, 6) is 0.883. The first-order valence-corrected chi connectivity index (χ1v) is 4.82. The van der Waals surface area contributed by atoms with Crippen molar-refractivity contribution in [3.63, 3.8) is 0 Å². The van der Waals surface area contributed by atoms with Gasteiger partial charge in [0.05, 0.1) is 7.11 Å². The minimum Gasteiger partial charge on any atom is -0.508 e. The maximum Gasteiger partial charge on any atom is 0.210 e. The Kier molecular flexibility index (Phi) is 2.49. The predicted molar refractivity (Wildman–Crippen MR) is 54.8 cm³/mol. The van der Waals surface area contributed by atoms with E-state index in [1.165, 1.54) is 0 Å². The maximum atomic E-state index is 10.6. The molecule has 80 valence electrons. The van der Waals surface area contributed by atoms with Gasteiger partial charge in [0, 0.05) is 24.7 Å². The number of ether oxygens (including phenoxy) is 1. The molecular formula is C11H13NO3. The van der Waals surface area contributed by atoms with Crippen LogP contribution in [0, 0.1) is 0 Å². The van der Waals surface area contributed by atoms with Gasteiger partial charge in [-0.15, -0.1) is 0 Å². The smallest absolute Gasteiger partial charge is 0.210 e. The number of phenolic OH excluding ortho intramolecular Hbond substituents is 1. The molecule has 0 aliphatic carbocycles. The van der Waals surface area contributed by atoms with Crippen molar-refractivity contribution >= 4 is 6.41 Å². The third kappa shape index (κ3) is 1.75. The number of methoxy groups -OCH3 is 1. The minimum absolute atomic E-state index is 0.179. The summed E-state index contributed by atoms with van der Waals surface area (Å²) in [6.45, 7) is 1.25. The van der Waals surface area contributed by atoms with Crippen LogP contribution >= 0.6 is 0 Å². The Balaban J connectivity index is 2.42. The van der Waals surface area contributed by atoms with Gasteiger partial charge in [0.25, 0.3) is 0 Å². The van der Waals surface area contributed by atoms with E-state index in [1.54, 1.807) is 24.1 Å². The van der Waals surface area contributed by atoms with Crippen LogP contribution in [0.25, 0.3) is 0 Å². The largest absolute Gasteiger partial charge is 0.508 e. The SMILES string of the molecule is COc1cc(O)cc2c1CCN(C=O)C2. The third-order valence-corrected chi connectivity index (χ3v) is 2.68. The summed E-state index contributed by atoms with van der Waals surface area (Å²) in [5, 5.41) is 9.47. The van der Waals surface area contributed by atoms with Crippen LogP contribution in [0.2, 0.25) is 0 Å². The number of nitrogens with zero attached hydrogens (tertiary/aromatic N) is 1. The fourth-order valence-corrected chi connectivity index (χ4v) is 1.94. The Morgan fingerprint density at radius 3 is 3.00 bits per heavy atom. The second-order valence-electron chi connectivity index (χ2n) is 3.61. The number of amides is 1. The van der Waals surface area contributed by atoms with Crippen molar-refractivity contribution in [1.82, 2.24) is 4.90 Å². The van der Waals surface area contributed by atoms with Crippen LogP contribution in [0.4, 0.5) is 0 Å². The Morgan fingerprint density at radius 2 is 2.33 bits per heavy atom. The van der Waals surface area contributed by atoms with E-state index in [0.29, 0.717) is 18.8 Å². The van der Waals surface area contributed by atoms with E-state index in [2.05, 4.69) is 0 Å². The first-order chi connectivity index (χ1) is 7.24. The minimum atomic E-state index is 0.179. The summed E-state index contributed by atoms with van der Waals surface area (Å²) in [4.78, 5) is 12.3. The van der Waals surface area contributed by atoms with Gasteiger partial charge in [-0.3, -0.25) is 4.79 Å². The van der Waals surface area contributed by atoms with E-state index in [4.69, 9.17) is 4.74 Å². The van der Waals surface area contributed by atoms with Crippen molar-refractivity contribution in [3.8, 4) is 11.5 Å². The number of benzene rings is 1. The van der Waals surface area contributed by atoms with Crippen LogP contribution in [0.3, 0.4) is 0 Å². The first-order valence-electron chi connectivity index (χ1n) is 4.82. The molecule has 4 heteroatoms. The Bertz CT molecular complexity index is 390. The molecule has 4 nitrogen and oxygen atoms in total. The molecule has 1 aliphatic rings. The van der Waals surface area contributed by atoms with Crippen LogP contribution in [0.5, 0.6) is 11.5 Å². The van der Waals surface area contributed by atoms with E-state index >= 15 is 0 Å². The molecule has 0 aromatic heterocycles. The van der Waals surface area contributed by atoms with Crippen LogP contribution in [-0.4, -0.2) is 30.1 Å². The molecule has 1 N–H and O–H groups in total. The van der Waals surface area contributed by atoms with E-state index in [-0.39, 0.29) is 5.75 Å². The average Bonchev–Trinajstić information content (AvgIpc) is 2.26. The van der Waals surface area contributed by atoms with Crippen LogP contribution in [-0.2, 0) is 17.8 Å². The number of aromatic hydroxyl groups is 1. The highest BCUT2D eigenvalue weighted by Crippen LogP contribution is 2.31. The lowest BCUT2D eigenvalue weighted by Crippen LogP contribution is -2.29. The quantitative estimate of drug-likeness (QED) is 0.733.